The minimum absolute atomic E-state index is 0.344. The van der Waals surface area contributed by atoms with Gasteiger partial charge in [-0.05, 0) is 38.0 Å². The molecular weight excluding hydrogens is 273 g/mol. The summed E-state index contributed by atoms with van der Waals surface area (Å²) in [6.07, 6.45) is 1.46. The molecule has 1 aromatic heterocycles. The van der Waals surface area contributed by atoms with Gasteiger partial charge in [0.15, 0.2) is 0 Å². The van der Waals surface area contributed by atoms with Crippen molar-refractivity contribution in [3.8, 4) is 0 Å². The number of nitrogens with zero attached hydrogens (tertiary/aromatic N) is 3. The van der Waals surface area contributed by atoms with Crippen molar-refractivity contribution in [1.29, 1.82) is 0 Å². The van der Waals surface area contributed by atoms with Gasteiger partial charge >= 0.3 is 5.97 Å². The van der Waals surface area contributed by atoms with Gasteiger partial charge < -0.3 is 10.0 Å². The lowest BCUT2D eigenvalue weighted by Crippen LogP contribution is -2.39. The summed E-state index contributed by atoms with van der Waals surface area (Å²) in [6.45, 7) is 2.91. The third-order valence-electron chi connectivity index (χ3n) is 3.82. The van der Waals surface area contributed by atoms with Crippen LogP contribution in [-0.4, -0.2) is 34.1 Å². The molecule has 0 saturated carbocycles. The van der Waals surface area contributed by atoms with E-state index in [2.05, 4.69) is 9.97 Å². The van der Waals surface area contributed by atoms with Crippen LogP contribution < -0.4 is 4.90 Å². The summed E-state index contributed by atoms with van der Waals surface area (Å²) in [6, 6.07) is 4.41. The molecule has 2 heterocycles. The van der Waals surface area contributed by atoms with Crippen LogP contribution in [0.3, 0.4) is 0 Å². The Morgan fingerprint density at radius 2 is 2.24 bits per heavy atom. The average molecular weight is 289 g/mol. The van der Waals surface area contributed by atoms with Gasteiger partial charge in [0.25, 0.3) is 0 Å². The van der Waals surface area contributed by atoms with Gasteiger partial charge in [-0.2, -0.15) is 0 Å². The summed E-state index contributed by atoms with van der Waals surface area (Å²) >= 11 is 0. The molecule has 5 nitrogen and oxygen atoms in total. The molecule has 1 fully saturated rings. The molecule has 0 amide bonds. The number of aromatic nitrogens is 2. The van der Waals surface area contributed by atoms with E-state index in [4.69, 9.17) is 0 Å². The van der Waals surface area contributed by atoms with Gasteiger partial charge in [0.05, 0.1) is 11.4 Å². The Morgan fingerprint density at radius 3 is 3.00 bits per heavy atom. The lowest BCUT2D eigenvalue weighted by atomic mass is 9.98. The fourth-order valence-corrected chi connectivity index (χ4v) is 2.81. The molecule has 3 rings (SSSR count). The lowest BCUT2D eigenvalue weighted by Gasteiger charge is -2.32. The minimum atomic E-state index is -0.791. The van der Waals surface area contributed by atoms with E-state index in [0.29, 0.717) is 35.5 Å². The number of carboxylic acids is 1. The Morgan fingerprint density at radius 1 is 1.43 bits per heavy atom. The first-order chi connectivity index (χ1) is 10.0. The van der Waals surface area contributed by atoms with Crippen LogP contribution in [0.2, 0.25) is 0 Å². The zero-order chi connectivity index (χ0) is 15.0. The van der Waals surface area contributed by atoms with Gasteiger partial charge in [-0.3, -0.25) is 4.79 Å². The molecule has 1 unspecified atom stereocenters. The fourth-order valence-electron chi connectivity index (χ4n) is 2.81. The van der Waals surface area contributed by atoms with Gasteiger partial charge in [-0.25, -0.2) is 14.4 Å². The molecule has 1 N–H and O–H groups in total. The number of fused-ring (bicyclic) bond motifs is 1. The highest BCUT2D eigenvalue weighted by Gasteiger charge is 2.27. The Labute approximate surface area is 121 Å². The van der Waals surface area contributed by atoms with E-state index in [-0.39, 0.29) is 5.82 Å². The number of hydrogen-bond acceptors (Lipinski definition) is 4. The molecule has 1 saturated heterocycles. The number of aryl methyl sites for hydroxylation is 1. The Balaban J connectivity index is 2.06. The van der Waals surface area contributed by atoms with Crippen molar-refractivity contribution in [3.63, 3.8) is 0 Å². The number of benzene rings is 1. The van der Waals surface area contributed by atoms with E-state index in [1.165, 1.54) is 12.1 Å². The summed E-state index contributed by atoms with van der Waals surface area (Å²) in [4.78, 5) is 21.8. The van der Waals surface area contributed by atoms with E-state index >= 15 is 0 Å². The Hall–Kier alpha value is -2.24. The molecule has 1 atom stereocenters. The molecule has 6 heteroatoms. The third-order valence-corrected chi connectivity index (χ3v) is 3.82. The Bertz CT molecular complexity index is 705. The number of anilines is 1. The quantitative estimate of drug-likeness (QED) is 0.919. The fraction of sp³-hybridized carbons (Fsp3) is 0.400. The molecule has 0 spiro atoms. The normalized spacial score (nSPS) is 19.0. The second-order valence-corrected chi connectivity index (χ2v) is 5.38. The number of rotatable bonds is 2. The Kier molecular flexibility index (Phi) is 3.45. The summed E-state index contributed by atoms with van der Waals surface area (Å²) in [5.41, 5.74) is 0.677. The monoisotopic (exact) mass is 289 g/mol. The molecule has 1 aliphatic rings. The van der Waals surface area contributed by atoms with Crippen molar-refractivity contribution in [2.75, 3.05) is 18.0 Å². The zero-order valence-electron chi connectivity index (χ0n) is 11.7. The van der Waals surface area contributed by atoms with Crippen molar-refractivity contribution >= 4 is 22.7 Å². The summed E-state index contributed by atoms with van der Waals surface area (Å²) in [5.74, 6) is -0.314. The second kappa shape index (κ2) is 5.27. The lowest BCUT2D eigenvalue weighted by molar-refractivity contribution is -0.141. The van der Waals surface area contributed by atoms with E-state index in [1.54, 1.807) is 13.0 Å². The predicted octanol–water partition coefficient (Wildman–Crippen LogP) is 2.38. The number of hydrogen-bond donors (Lipinski definition) is 1. The van der Waals surface area contributed by atoms with Crippen molar-refractivity contribution in [1.82, 2.24) is 9.97 Å². The number of carboxylic acid groups (broad SMARTS) is 1. The van der Waals surface area contributed by atoms with E-state index in [1.807, 2.05) is 4.90 Å². The maximum absolute atomic E-state index is 13.5. The first-order valence-corrected chi connectivity index (χ1v) is 6.96. The summed E-state index contributed by atoms with van der Waals surface area (Å²) in [7, 11) is 0. The second-order valence-electron chi connectivity index (χ2n) is 5.38. The van der Waals surface area contributed by atoms with Crippen LogP contribution in [0.25, 0.3) is 10.9 Å². The number of piperidine rings is 1. The molecule has 1 aromatic carbocycles. The topological polar surface area (TPSA) is 66.3 Å². The average Bonchev–Trinajstić information content (AvgIpc) is 2.47. The SMILES string of the molecule is Cc1nc(N2CCCC(C(=O)O)C2)c2cc(F)ccc2n1. The maximum atomic E-state index is 13.5. The van der Waals surface area contributed by atoms with E-state index in [0.717, 1.165) is 13.0 Å². The standard InChI is InChI=1S/C15H16FN3O2/c1-9-17-13-5-4-11(16)7-12(13)14(18-9)19-6-2-3-10(8-19)15(20)21/h4-5,7,10H,2-3,6,8H2,1H3,(H,20,21). The van der Waals surface area contributed by atoms with Crippen LogP contribution >= 0.6 is 0 Å². The van der Waals surface area contributed by atoms with Crippen molar-refractivity contribution in [2.45, 2.75) is 19.8 Å². The van der Waals surface area contributed by atoms with E-state index < -0.39 is 11.9 Å². The molecule has 21 heavy (non-hydrogen) atoms. The van der Waals surface area contributed by atoms with Crippen LogP contribution in [0.5, 0.6) is 0 Å². The summed E-state index contributed by atoms with van der Waals surface area (Å²) in [5, 5.41) is 9.83. The minimum Gasteiger partial charge on any atom is -0.481 e. The molecule has 0 bridgehead atoms. The first-order valence-electron chi connectivity index (χ1n) is 6.96. The van der Waals surface area contributed by atoms with Gasteiger partial charge in [-0.1, -0.05) is 0 Å². The number of halogens is 1. The zero-order valence-corrected chi connectivity index (χ0v) is 11.7. The number of carbonyl (C=O) groups is 1. The highest BCUT2D eigenvalue weighted by Crippen LogP contribution is 2.28. The highest BCUT2D eigenvalue weighted by molar-refractivity contribution is 5.90. The largest absolute Gasteiger partial charge is 0.481 e. The molecular formula is C15H16FN3O2. The van der Waals surface area contributed by atoms with Gasteiger partial charge in [-0.15, -0.1) is 0 Å². The highest BCUT2D eigenvalue weighted by atomic mass is 19.1. The van der Waals surface area contributed by atoms with E-state index in [9.17, 15) is 14.3 Å². The maximum Gasteiger partial charge on any atom is 0.308 e. The van der Waals surface area contributed by atoms with Crippen LogP contribution in [0.15, 0.2) is 18.2 Å². The smallest absolute Gasteiger partial charge is 0.308 e. The number of aliphatic carboxylic acids is 1. The van der Waals surface area contributed by atoms with Crippen LogP contribution in [0.1, 0.15) is 18.7 Å². The predicted molar refractivity (Wildman–Crippen MR) is 76.8 cm³/mol. The molecule has 0 aliphatic carbocycles. The summed E-state index contributed by atoms with van der Waals surface area (Å²) < 4.78 is 13.5. The first kappa shape index (κ1) is 13.7. The van der Waals surface area contributed by atoms with Crippen LogP contribution in [0.4, 0.5) is 10.2 Å². The molecule has 1 aliphatic heterocycles. The van der Waals surface area contributed by atoms with Gasteiger partial charge in [0, 0.05) is 18.5 Å². The van der Waals surface area contributed by atoms with Crippen molar-refractivity contribution in [3.05, 3.63) is 29.8 Å². The molecule has 110 valence electrons. The van der Waals surface area contributed by atoms with Crippen molar-refractivity contribution < 1.29 is 14.3 Å². The molecule has 0 radical (unpaired) electrons. The van der Waals surface area contributed by atoms with Crippen molar-refractivity contribution in [2.24, 2.45) is 5.92 Å². The molecule has 2 aromatic rings. The van der Waals surface area contributed by atoms with Crippen LogP contribution in [0, 0.1) is 18.7 Å². The third kappa shape index (κ3) is 2.66. The van der Waals surface area contributed by atoms with Gasteiger partial charge in [0.1, 0.15) is 17.5 Å². The van der Waals surface area contributed by atoms with Crippen LogP contribution in [-0.2, 0) is 4.79 Å². The van der Waals surface area contributed by atoms with Gasteiger partial charge in [0.2, 0.25) is 0 Å².